The molecule has 3 heteroatoms. The zero-order chi connectivity index (χ0) is 8.97. The van der Waals surface area contributed by atoms with E-state index in [-0.39, 0.29) is 0 Å². The van der Waals surface area contributed by atoms with Gasteiger partial charge in [-0.15, -0.1) is 11.8 Å². The van der Waals surface area contributed by atoms with E-state index >= 15 is 0 Å². The second-order valence-electron chi connectivity index (χ2n) is 2.34. The van der Waals surface area contributed by atoms with Crippen molar-refractivity contribution in [2.75, 3.05) is 6.26 Å². The van der Waals surface area contributed by atoms with Gasteiger partial charge in [-0.25, -0.2) is 0 Å². The summed E-state index contributed by atoms with van der Waals surface area (Å²) in [6.07, 6.45) is 1.98. The van der Waals surface area contributed by atoms with E-state index in [2.05, 4.69) is 6.07 Å². The highest BCUT2D eigenvalue weighted by Crippen LogP contribution is 2.18. The number of hydrogen-bond donors (Lipinski definition) is 1. The first-order chi connectivity index (χ1) is 5.81. The van der Waals surface area contributed by atoms with Crippen molar-refractivity contribution in [3.8, 4) is 6.07 Å². The fourth-order valence-corrected chi connectivity index (χ4v) is 1.40. The van der Waals surface area contributed by atoms with Gasteiger partial charge in [-0.2, -0.15) is 5.26 Å². The molecular formula is C9H10N2S. The number of benzene rings is 1. The predicted molar refractivity (Wildman–Crippen MR) is 50.8 cm³/mol. The Kier molecular flexibility index (Phi) is 3.15. The lowest BCUT2D eigenvalue weighted by Gasteiger charge is -2.01. The second kappa shape index (κ2) is 4.15. The molecule has 0 unspecified atom stereocenters. The van der Waals surface area contributed by atoms with Gasteiger partial charge < -0.3 is 5.73 Å². The van der Waals surface area contributed by atoms with Crippen LogP contribution < -0.4 is 5.73 Å². The van der Waals surface area contributed by atoms with Crippen LogP contribution in [0.15, 0.2) is 23.1 Å². The van der Waals surface area contributed by atoms with E-state index in [1.807, 2.05) is 24.5 Å². The molecule has 0 amide bonds. The van der Waals surface area contributed by atoms with Crippen LogP contribution in [-0.4, -0.2) is 6.26 Å². The van der Waals surface area contributed by atoms with Crippen molar-refractivity contribution in [3.63, 3.8) is 0 Å². The average molecular weight is 178 g/mol. The quantitative estimate of drug-likeness (QED) is 0.702. The Labute approximate surface area is 76.4 Å². The molecule has 0 aliphatic heterocycles. The Bertz CT molecular complexity index is 315. The zero-order valence-corrected chi connectivity index (χ0v) is 7.69. The largest absolute Gasteiger partial charge is 0.326 e. The Morgan fingerprint density at radius 2 is 2.33 bits per heavy atom. The van der Waals surface area contributed by atoms with E-state index in [0.717, 1.165) is 10.5 Å². The number of nitrogens with two attached hydrogens (primary N) is 1. The molecule has 1 aromatic carbocycles. The van der Waals surface area contributed by atoms with Crippen molar-refractivity contribution >= 4 is 11.8 Å². The Hall–Kier alpha value is -0.980. The average Bonchev–Trinajstić information content (AvgIpc) is 2.16. The second-order valence-corrected chi connectivity index (χ2v) is 3.22. The summed E-state index contributed by atoms with van der Waals surface area (Å²) < 4.78 is 0. The molecular weight excluding hydrogens is 168 g/mol. The summed E-state index contributed by atoms with van der Waals surface area (Å²) >= 11 is 1.63. The Balaban J connectivity index is 3.13. The summed E-state index contributed by atoms with van der Waals surface area (Å²) in [5.74, 6) is 0. The van der Waals surface area contributed by atoms with Gasteiger partial charge in [-0.05, 0) is 24.0 Å². The standard InChI is InChI=1S/C9H10N2S/c1-12-9-3-2-7(5-10)8(4-9)6-11/h2-4H,5,10H2,1H3. The van der Waals surface area contributed by atoms with Gasteiger partial charge in [-0.3, -0.25) is 0 Å². The molecule has 0 aromatic heterocycles. The van der Waals surface area contributed by atoms with Crippen molar-refractivity contribution in [3.05, 3.63) is 29.3 Å². The summed E-state index contributed by atoms with van der Waals surface area (Å²) in [4.78, 5) is 1.10. The minimum Gasteiger partial charge on any atom is -0.326 e. The molecule has 2 N–H and O–H groups in total. The highest BCUT2D eigenvalue weighted by molar-refractivity contribution is 7.98. The molecule has 0 fully saturated rings. The molecule has 1 aromatic rings. The maximum absolute atomic E-state index is 8.75. The summed E-state index contributed by atoms with van der Waals surface area (Å²) in [6.45, 7) is 0.428. The minimum atomic E-state index is 0.428. The van der Waals surface area contributed by atoms with Crippen LogP contribution in [0.5, 0.6) is 0 Å². The van der Waals surface area contributed by atoms with Gasteiger partial charge >= 0.3 is 0 Å². The van der Waals surface area contributed by atoms with Crippen LogP contribution in [0.2, 0.25) is 0 Å². The van der Waals surface area contributed by atoms with E-state index in [4.69, 9.17) is 11.0 Å². The smallest absolute Gasteiger partial charge is 0.0995 e. The third-order valence-electron chi connectivity index (χ3n) is 1.66. The van der Waals surface area contributed by atoms with Crippen molar-refractivity contribution in [1.29, 1.82) is 5.26 Å². The molecule has 0 heterocycles. The van der Waals surface area contributed by atoms with Crippen LogP contribution in [0.1, 0.15) is 11.1 Å². The predicted octanol–water partition coefficient (Wildman–Crippen LogP) is 1.74. The summed E-state index contributed by atoms with van der Waals surface area (Å²) in [5.41, 5.74) is 7.06. The van der Waals surface area contributed by atoms with Crippen LogP contribution >= 0.6 is 11.8 Å². The topological polar surface area (TPSA) is 49.8 Å². The molecule has 0 atom stereocenters. The first-order valence-electron chi connectivity index (χ1n) is 3.59. The summed E-state index contributed by atoms with van der Waals surface area (Å²) in [6, 6.07) is 7.88. The third kappa shape index (κ3) is 1.79. The molecule has 1 rings (SSSR count). The zero-order valence-electron chi connectivity index (χ0n) is 6.87. The molecule has 0 spiro atoms. The molecule has 0 radical (unpaired) electrons. The SMILES string of the molecule is CSc1ccc(CN)c(C#N)c1. The highest BCUT2D eigenvalue weighted by Gasteiger charge is 2.00. The maximum Gasteiger partial charge on any atom is 0.0995 e. The summed E-state index contributed by atoms with van der Waals surface area (Å²) in [5, 5.41) is 8.75. The van der Waals surface area contributed by atoms with Crippen LogP contribution in [0.4, 0.5) is 0 Å². The fourth-order valence-electron chi connectivity index (χ4n) is 0.965. The highest BCUT2D eigenvalue weighted by atomic mass is 32.2. The first kappa shape index (κ1) is 9.11. The van der Waals surface area contributed by atoms with E-state index in [1.54, 1.807) is 11.8 Å². The monoisotopic (exact) mass is 178 g/mol. The number of nitrogens with zero attached hydrogens (tertiary/aromatic N) is 1. The van der Waals surface area contributed by atoms with Gasteiger partial charge in [0.15, 0.2) is 0 Å². The Morgan fingerprint density at radius 3 is 2.83 bits per heavy atom. The summed E-state index contributed by atoms with van der Waals surface area (Å²) in [7, 11) is 0. The number of hydrogen-bond acceptors (Lipinski definition) is 3. The van der Waals surface area contributed by atoms with Crippen LogP contribution in [0, 0.1) is 11.3 Å². The van der Waals surface area contributed by atoms with Crippen molar-refractivity contribution in [1.82, 2.24) is 0 Å². The third-order valence-corrected chi connectivity index (χ3v) is 2.38. The molecule has 62 valence electrons. The lowest BCUT2D eigenvalue weighted by molar-refractivity contribution is 1.06. The van der Waals surface area contributed by atoms with E-state index < -0.39 is 0 Å². The Morgan fingerprint density at radius 1 is 1.58 bits per heavy atom. The number of thioether (sulfide) groups is 1. The van der Waals surface area contributed by atoms with Crippen LogP contribution in [0.25, 0.3) is 0 Å². The van der Waals surface area contributed by atoms with Gasteiger partial charge in [0.2, 0.25) is 0 Å². The van der Waals surface area contributed by atoms with Crippen LogP contribution in [0.3, 0.4) is 0 Å². The molecule has 0 saturated heterocycles. The van der Waals surface area contributed by atoms with Crippen molar-refractivity contribution < 1.29 is 0 Å². The van der Waals surface area contributed by atoms with Gasteiger partial charge in [0.1, 0.15) is 0 Å². The normalized spacial score (nSPS) is 9.42. The maximum atomic E-state index is 8.75. The molecule has 0 aliphatic carbocycles. The first-order valence-corrected chi connectivity index (χ1v) is 4.81. The lowest BCUT2D eigenvalue weighted by atomic mass is 10.1. The van der Waals surface area contributed by atoms with E-state index in [0.29, 0.717) is 12.1 Å². The minimum absolute atomic E-state index is 0.428. The van der Waals surface area contributed by atoms with Gasteiger partial charge in [0, 0.05) is 11.4 Å². The molecule has 2 nitrogen and oxygen atoms in total. The van der Waals surface area contributed by atoms with Gasteiger partial charge in [0.05, 0.1) is 11.6 Å². The van der Waals surface area contributed by atoms with E-state index in [9.17, 15) is 0 Å². The van der Waals surface area contributed by atoms with Crippen LogP contribution in [-0.2, 0) is 6.54 Å². The number of nitriles is 1. The van der Waals surface area contributed by atoms with E-state index in [1.165, 1.54) is 0 Å². The molecule has 0 saturated carbocycles. The molecule has 0 aliphatic rings. The van der Waals surface area contributed by atoms with Gasteiger partial charge in [-0.1, -0.05) is 6.07 Å². The van der Waals surface area contributed by atoms with Crippen molar-refractivity contribution in [2.24, 2.45) is 5.73 Å². The lowest BCUT2D eigenvalue weighted by Crippen LogP contribution is -1.99. The molecule has 12 heavy (non-hydrogen) atoms. The van der Waals surface area contributed by atoms with Gasteiger partial charge in [0.25, 0.3) is 0 Å². The fraction of sp³-hybridized carbons (Fsp3) is 0.222. The molecule has 0 bridgehead atoms. The van der Waals surface area contributed by atoms with Crippen molar-refractivity contribution in [2.45, 2.75) is 11.4 Å². The number of rotatable bonds is 2.